The van der Waals surface area contributed by atoms with Crippen LogP contribution in [0.2, 0.25) is 0 Å². The number of nitrogens with one attached hydrogen (secondary N) is 2. The molecule has 0 fully saturated rings. The Kier molecular flexibility index (Phi) is 5.37. The zero-order valence-corrected chi connectivity index (χ0v) is 17.7. The molecular weight excluding hydrogens is 398 g/mol. The molecular formula is C23H21N3O3S. The molecule has 0 bridgehead atoms. The highest BCUT2D eigenvalue weighted by Gasteiger charge is 2.19. The molecule has 2 heterocycles. The Bertz CT molecular complexity index is 1220. The van der Waals surface area contributed by atoms with Crippen LogP contribution >= 0.6 is 11.3 Å². The van der Waals surface area contributed by atoms with Crippen LogP contribution in [0.15, 0.2) is 58.3 Å². The number of para-hydroxylation sites is 1. The molecule has 0 spiro atoms. The Labute approximate surface area is 177 Å². The van der Waals surface area contributed by atoms with E-state index in [-0.39, 0.29) is 17.9 Å². The van der Waals surface area contributed by atoms with Gasteiger partial charge in [0, 0.05) is 28.8 Å². The van der Waals surface area contributed by atoms with Crippen molar-refractivity contribution >= 4 is 39.3 Å². The third-order valence-corrected chi connectivity index (χ3v) is 5.66. The summed E-state index contributed by atoms with van der Waals surface area (Å²) in [6, 6.07) is 15.4. The van der Waals surface area contributed by atoms with E-state index in [2.05, 4.69) is 15.6 Å². The van der Waals surface area contributed by atoms with Crippen LogP contribution in [0.4, 0.5) is 5.13 Å². The zero-order chi connectivity index (χ0) is 21.3. The summed E-state index contributed by atoms with van der Waals surface area (Å²) in [4.78, 5) is 28.4. The largest absolute Gasteiger partial charge is 0.451 e. The van der Waals surface area contributed by atoms with Gasteiger partial charge in [0.2, 0.25) is 5.91 Å². The number of carbonyl (C=O) groups excluding carboxylic acids is 2. The topological polar surface area (TPSA) is 84.2 Å². The standard InChI is InChI=1S/C23H21N3O3S/c1-13-18-6-4-5-7-20(18)29-21(13)22(28)26-23-25-19(12-30-23)17-10-8-16(9-11-17)14(2)24-15(3)27/h4-12,14H,1-3H3,(H,24,27)(H,25,26,28). The summed E-state index contributed by atoms with van der Waals surface area (Å²) >= 11 is 1.36. The molecule has 152 valence electrons. The van der Waals surface area contributed by atoms with E-state index < -0.39 is 0 Å². The van der Waals surface area contributed by atoms with Crippen LogP contribution in [0.3, 0.4) is 0 Å². The molecule has 2 amide bonds. The fourth-order valence-electron chi connectivity index (χ4n) is 3.34. The predicted octanol–water partition coefficient (Wildman–Crippen LogP) is 5.31. The van der Waals surface area contributed by atoms with Gasteiger partial charge in [0.1, 0.15) is 5.58 Å². The van der Waals surface area contributed by atoms with Crippen LogP contribution < -0.4 is 10.6 Å². The van der Waals surface area contributed by atoms with Crippen molar-refractivity contribution in [3.8, 4) is 11.3 Å². The molecule has 2 aromatic carbocycles. The maximum absolute atomic E-state index is 12.7. The molecule has 0 saturated heterocycles. The number of thiazole rings is 1. The monoisotopic (exact) mass is 419 g/mol. The fraction of sp³-hybridized carbons (Fsp3) is 0.174. The Balaban J connectivity index is 1.49. The predicted molar refractivity (Wildman–Crippen MR) is 119 cm³/mol. The number of aromatic nitrogens is 1. The first-order valence-electron chi connectivity index (χ1n) is 9.55. The first kappa shape index (κ1) is 19.8. The van der Waals surface area contributed by atoms with Gasteiger partial charge in [0.15, 0.2) is 10.9 Å². The lowest BCUT2D eigenvalue weighted by Crippen LogP contribution is -2.23. The molecule has 2 N–H and O–H groups in total. The normalized spacial score (nSPS) is 12.0. The first-order valence-corrected chi connectivity index (χ1v) is 10.4. The van der Waals surface area contributed by atoms with Crippen LogP contribution in [0.5, 0.6) is 0 Å². The van der Waals surface area contributed by atoms with Gasteiger partial charge in [0.05, 0.1) is 11.7 Å². The highest BCUT2D eigenvalue weighted by Crippen LogP contribution is 2.28. The van der Waals surface area contributed by atoms with E-state index >= 15 is 0 Å². The Morgan fingerprint density at radius 1 is 1.10 bits per heavy atom. The van der Waals surface area contributed by atoms with Crippen molar-refractivity contribution in [1.29, 1.82) is 0 Å². The quantitative estimate of drug-likeness (QED) is 0.459. The Hall–Kier alpha value is -3.45. The minimum Gasteiger partial charge on any atom is -0.451 e. The van der Waals surface area contributed by atoms with E-state index in [1.54, 1.807) is 0 Å². The first-order chi connectivity index (χ1) is 14.4. The van der Waals surface area contributed by atoms with Crippen molar-refractivity contribution in [2.45, 2.75) is 26.8 Å². The molecule has 4 rings (SSSR count). The third-order valence-electron chi connectivity index (χ3n) is 4.90. The smallest absolute Gasteiger partial charge is 0.293 e. The second-order valence-electron chi connectivity index (χ2n) is 7.09. The second kappa shape index (κ2) is 8.12. The zero-order valence-electron chi connectivity index (χ0n) is 16.9. The lowest BCUT2D eigenvalue weighted by Gasteiger charge is -2.12. The van der Waals surface area contributed by atoms with Crippen molar-refractivity contribution in [3.05, 3.63) is 70.8 Å². The van der Waals surface area contributed by atoms with Gasteiger partial charge >= 0.3 is 0 Å². The number of furan rings is 1. The van der Waals surface area contributed by atoms with Crippen molar-refractivity contribution in [2.24, 2.45) is 0 Å². The van der Waals surface area contributed by atoms with Gasteiger partial charge in [-0.05, 0) is 25.5 Å². The van der Waals surface area contributed by atoms with Gasteiger partial charge in [-0.2, -0.15) is 0 Å². The molecule has 30 heavy (non-hydrogen) atoms. The number of aryl methyl sites for hydroxylation is 1. The number of amides is 2. The van der Waals surface area contributed by atoms with Gasteiger partial charge < -0.3 is 9.73 Å². The molecule has 7 heteroatoms. The molecule has 6 nitrogen and oxygen atoms in total. The SMILES string of the molecule is CC(=O)NC(C)c1ccc(-c2csc(NC(=O)c3oc4ccccc4c3C)n2)cc1. The average Bonchev–Trinajstić information content (AvgIpc) is 3.32. The van der Waals surface area contributed by atoms with E-state index in [1.807, 2.05) is 67.8 Å². The number of anilines is 1. The summed E-state index contributed by atoms with van der Waals surface area (Å²) in [6.45, 7) is 5.31. The number of carbonyl (C=O) groups is 2. The molecule has 0 aliphatic heterocycles. The van der Waals surface area contributed by atoms with Gasteiger partial charge in [-0.1, -0.05) is 42.5 Å². The summed E-state index contributed by atoms with van der Waals surface area (Å²) in [5.41, 5.74) is 4.22. The van der Waals surface area contributed by atoms with Crippen molar-refractivity contribution in [2.75, 3.05) is 5.32 Å². The lowest BCUT2D eigenvalue weighted by atomic mass is 10.1. The maximum atomic E-state index is 12.7. The fourth-order valence-corrected chi connectivity index (χ4v) is 4.05. The molecule has 4 aromatic rings. The second-order valence-corrected chi connectivity index (χ2v) is 7.95. The van der Waals surface area contributed by atoms with Gasteiger partial charge in [0.25, 0.3) is 5.91 Å². The molecule has 0 aliphatic rings. The van der Waals surface area contributed by atoms with Crippen molar-refractivity contribution in [1.82, 2.24) is 10.3 Å². The molecule has 0 aliphatic carbocycles. The van der Waals surface area contributed by atoms with E-state index in [9.17, 15) is 9.59 Å². The lowest BCUT2D eigenvalue weighted by molar-refractivity contribution is -0.119. The summed E-state index contributed by atoms with van der Waals surface area (Å²) in [5.74, 6) is -0.0838. The number of nitrogens with zero attached hydrogens (tertiary/aromatic N) is 1. The number of rotatable bonds is 5. The minimum atomic E-state index is -0.316. The Morgan fingerprint density at radius 3 is 2.53 bits per heavy atom. The van der Waals surface area contributed by atoms with Crippen molar-refractivity contribution in [3.63, 3.8) is 0 Å². The third kappa shape index (κ3) is 3.97. The number of benzene rings is 2. The average molecular weight is 420 g/mol. The molecule has 1 unspecified atom stereocenters. The van der Waals surface area contributed by atoms with Crippen LogP contribution in [-0.4, -0.2) is 16.8 Å². The summed E-state index contributed by atoms with van der Waals surface area (Å²) in [7, 11) is 0. The van der Waals surface area contributed by atoms with Gasteiger partial charge in [-0.15, -0.1) is 11.3 Å². The molecule has 0 saturated carbocycles. The van der Waals surface area contributed by atoms with Crippen LogP contribution in [-0.2, 0) is 4.79 Å². The van der Waals surface area contributed by atoms with E-state index in [4.69, 9.17) is 4.42 Å². The Morgan fingerprint density at radius 2 is 1.83 bits per heavy atom. The van der Waals surface area contributed by atoms with Crippen molar-refractivity contribution < 1.29 is 14.0 Å². The molecule has 2 aromatic heterocycles. The van der Waals surface area contributed by atoms with Crippen LogP contribution in [0.25, 0.3) is 22.2 Å². The number of hydrogen-bond donors (Lipinski definition) is 2. The summed E-state index contributed by atoms with van der Waals surface area (Å²) in [5, 5.41) is 9.02. The molecule has 0 radical (unpaired) electrons. The highest BCUT2D eigenvalue weighted by atomic mass is 32.1. The van der Waals surface area contributed by atoms with Gasteiger partial charge in [-0.3, -0.25) is 14.9 Å². The maximum Gasteiger partial charge on any atom is 0.293 e. The van der Waals surface area contributed by atoms with E-state index in [1.165, 1.54) is 18.3 Å². The summed E-state index contributed by atoms with van der Waals surface area (Å²) < 4.78 is 5.72. The van der Waals surface area contributed by atoms with Crippen LogP contribution in [0.1, 0.15) is 41.6 Å². The minimum absolute atomic E-state index is 0.0612. The molecule has 1 atom stereocenters. The van der Waals surface area contributed by atoms with Gasteiger partial charge in [-0.25, -0.2) is 4.98 Å². The number of fused-ring (bicyclic) bond motifs is 1. The van der Waals surface area contributed by atoms with Crippen LogP contribution in [0, 0.1) is 6.92 Å². The van der Waals surface area contributed by atoms with E-state index in [0.717, 1.165) is 27.8 Å². The van der Waals surface area contributed by atoms with E-state index in [0.29, 0.717) is 16.5 Å². The summed E-state index contributed by atoms with van der Waals surface area (Å²) in [6.07, 6.45) is 0. The highest BCUT2D eigenvalue weighted by molar-refractivity contribution is 7.14. The number of hydrogen-bond acceptors (Lipinski definition) is 5.